The number of fused-ring (bicyclic) bond motifs is 1. The van der Waals surface area contributed by atoms with Gasteiger partial charge in [0.25, 0.3) is 5.91 Å². The number of aromatic nitrogens is 4. The Hall–Kier alpha value is -3.26. The van der Waals surface area contributed by atoms with E-state index in [-0.39, 0.29) is 5.91 Å². The molecule has 0 fully saturated rings. The van der Waals surface area contributed by atoms with Gasteiger partial charge in [0.15, 0.2) is 5.82 Å². The lowest BCUT2D eigenvalue weighted by Crippen LogP contribution is -2.11. The second-order valence-corrected chi connectivity index (χ2v) is 7.41. The van der Waals surface area contributed by atoms with Crippen LogP contribution in [0.3, 0.4) is 0 Å². The van der Waals surface area contributed by atoms with E-state index < -0.39 is 0 Å². The number of nitrogens with zero attached hydrogens (tertiary/aromatic N) is 4. The fourth-order valence-corrected chi connectivity index (χ4v) is 3.79. The van der Waals surface area contributed by atoms with Crippen LogP contribution < -0.4 is 10.1 Å². The number of amides is 1. The normalized spacial score (nSPS) is 11.0. The minimum absolute atomic E-state index is 0.163. The zero-order valence-corrected chi connectivity index (χ0v) is 17.1. The summed E-state index contributed by atoms with van der Waals surface area (Å²) in [6, 6.07) is 14.7. The molecular weight excluding hydrogens is 386 g/mol. The van der Waals surface area contributed by atoms with Gasteiger partial charge in [-0.3, -0.25) is 4.79 Å². The van der Waals surface area contributed by atoms with Crippen LogP contribution in [0.15, 0.2) is 48.5 Å². The molecule has 0 aliphatic carbocycles. The Balaban J connectivity index is 1.47. The summed E-state index contributed by atoms with van der Waals surface area (Å²) in [7, 11) is 0. The summed E-state index contributed by atoms with van der Waals surface area (Å²) in [5, 5.41) is 16.8. The highest BCUT2D eigenvalue weighted by molar-refractivity contribution is 7.19. The molecule has 0 unspecified atom stereocenters. The third-order valence-corrected chi connectivity index (χ3v) is 5.29. The van der Waals surface area contributed by atoms with Gasteiger partial charge in [-0.05, 0) is 61.9 Å². The molecule has 0 saturated heterocycles. The van der Waals surface area contributed by atoms with E-state index in [0.717, 1.165) is 45.6 Å². The molecule has 2 heterocycles. The van der Waals surface area contributed by atoms with Gasteiger partial charge >= 0.3 is 0 Å². The van der Waals surface area contributed by atoms with Crippen LogP contribution in [-0.4, -0.2) is 32.3 Å². The van der Waals surface area contributed by atoms with E-state index in [4.69, 9.17) is 4.74 Å². The third kappa shape index (κ3) is 4.12. The van der Waals surface area contributed by atoms with Gasteiger partial charge in [0.05, 0.1) is 6.61 Å². The number of nitrogens with one attached hydrogen (secondary N) is 1. The second-order valence-electron chi connectivity index (χ2n) is 6.46. The van der Waals surface area contributed by atoms with Crippen LogP contribution in [-0.2, 0) is 6.42 Å². The molecule has 7 nitrogen and oxygen atoms in total. The number of aryl methyl sites for hydroxylation is 1. The maximum Gasteiger partial charge on any atom is 0.255 e. The molecule has 0 radical (unpaired) electrons. The van der Waals surface area contributed by atoms with Gasteiger partial charge in [-0.1, -0.05) is 18.3 Å². The number of rotatable bonds is 7. The van der Waals surface area contributed by atoms with Crippen molar-refractivity contribution in [1.29, 1.82) is 0 Å². The maximum atomic E-state index is 12.4. The lowest BCUT2D eigenvalue weighted by atomic mass is 10.2. The first-order chi connectivity index (χ1) is 14.2. The van der Waals surface area contributed by atoms with Crippen molar-refractivity contribution >= 4 is 27.9 Å². The Morgan fingerprint density at radius 3 is 2.52 bits per heavy atom. The van der Waals surface area contributed by atoms with Gasteiger partial charge in [0.2, 0.25) is 4.96 Å². The Labute approximate surface area is 172 Å². The van der Waals surface area contributed by atoms with Crippen LogP contribution in [0.4, 0.5) is 5.69 Å². The Morgan fingerprint density at radius 1 is 1.07 bits per heavy atom. The number of carbonyl (C=O) groups is 1. The summed E-state index contributed by atoms with van der Waals surface area (Å²) in [4.78, 5) is 13.2. The minimum Gasteiger partial charge on any atom is -0.494 e. The van der Waals surface area contributed by atoms with Crippen LogP contribution >= 0.6 is 11.3 Å². The highest BCUT2D eigenvalue weighted by Gasteiger charge is 2.13. The predicted molar refractivity (Wildman–Crippen MR) is 114 cm³/mol. The Bertz CT molecular complexity index is 1120. The van der Waals surface area contributed by atoms with Gasteiger partial charge in [0.1, 0.15) is 10.8 Å². The summed E-state index contributed by atoms with van der Waals surface area (Å²) >= 11 is 1.50. The molecule has 148 valence electrons. The molecule has 4 rings (SSSR count). The molecule has 8 heteroatoms. The van der Waals surface area contributed by atoms with Crippen molar-refractivity contribution in [3.63, 3.8) is 0 Å². The number of hydrogen-bond donors (Lipinski definition) is 1. The monoisotopic (exact) mass is 407 g/mol. The van der Waals surface area contributed by atoms with Gasteiger partial charge in [0, 0.05) is 23.2 Å². The standard InChI is InChI=1S/C21H21N5O2S/c1-3-5-18-23-24-21-26(18)25-20(29-21)15-6-10-16(11-7-15)22-19(27)14-8-12-17(13-9-14)28-4-2/h6-13H,3-5H2,1-2H3,(H,22,27). The smallest absolute Gasteiger partial charge is 0.255 e. The van der Waals surface area contributed by atoms with Crippen molar-refractivity contribution in [2.24, 2.45) is 0 Å². The highest BCUT2D eigenvalue weighted by atomic mass is 32.1. The molecule has 0 aliphatic rings. The lowest BCUT2D eigenvalue weighted by Gasteiger charge is -2.07. The van der Waals surface area contributed by atoms with E-state index >= 15 is 0 Å². The first-order valence-electron chi connectivity index (χ1n) is 9.53. The van der Waals surface area contributed by atoms with Crippen LogP contribution in [0.2, 0.25) is 0 Å². The third-order valence-electron chi connectivity index (χ3n) is 4.35. The average molecular weight is 407 g/mol. The van der Waals surface area contributed by atoms with E-state index in [1.807, 2.05) is 35.7 Å². The summed E-state index contributed by atoms with van der Waals surface area (Å²) in [5.41, 5.74) is 2.28. The summed E-state index contributed by atoms with van der Waals surface area (Å²) in [5.74, 6) is 1.47. The zero-order chi connectivity index (χ0) is 20.2. The van der Waals surface area contributed by atoms with Crippen molar-refractivity contribution in [3.05, 3.63) is 59.9 Å². The largest absolute Gasteiger partial charge is 0.494 e. The van der Waals surface area contributed by atoms with Crippen molar-refractivity contribution in [3.8, 4) is 16.3 Å². The van der Waals surface area contributed by atoms with Gasteiger partial charge in [-0.25, -0.2) is 0 Å². The Morgan fingerprint density at radius 2 is 1.83 bits per heavy atom. The quantitative estimate of drug-likeness (QED) is 0.489. The van der Waals surface area contributed by atoms with Crippen LogP contribution in [0.5, 0.6) is 5.75 Å². The van der Waals surface area contributed by atoms with Crippen molar-refractivity contribution < 1.29 is 9.53 Å². The Kier molecular flexibility index (Phi) is 5.53. The molecular formula is C21H21N5O2S. The van der Waals surface area contributed by atoms with E-state index in [0.29, 0.717) is 12.2 Å². The van der Waals surface area contributed by atoms with Crippen LogP contribution in [0.1, 0.15) is 36.5 Å². The van der Waals surface area contributed by atoms with Gasteiger partial charge in [-0.15, -0.1) is 10.2 Å². The van der Waals surface area contributed by atoms with Crippen molar-refractivity contribution in [1.82, 2.24) is 19.8 Å². The molecule has 1 N–H and O–H groups in total. The molecule has 2 aromatic heterocycles. The number of hydrogen-bond acceptors (Lipinski definition) is 6. The molecule has 29 heavy (non-hydrogen) atoms. The number of anilines is 1. The number of benzene rings is 2. The van der Waals surface area contributed by atoms with Crippen LogP contribution in [0, 0.1) is 0 Å². The zero-order valence-electron chi connectivity index (χ0n) is 16.3. The summed E-state index contributed by atoms with van der Waals surface area (Å²) < 4.78 is 7.21. The first-order valence-corrected chi connectivity index (χ1v) is 10.4. The molecule has 0 saturated carbocycles. The second kappa shape index (κ2) is 8.40. The highest BCUT2D eigenvalue weighted by Crippen LogP contribution is 2.27. The fourth-order valence-electron chi connectivity index (χ4n) is 2.92. The average Bonchev–Trinajstić information content (AvgIpc) is 3.32. The molecule has 0 bridgehead atoms. The molecule has 4 aromatic rings. The van der Waals surface area contributed by atoms with Gasteiger partial charge < -0.3 is 10.1 Å². The molecule has 0 atom stereocenters. The van der Waals surface area contributed by atoms with Gasteiger partial charge in [-0.2, -0.15) is 9.61 Å². The van der Waals surface area contributed by atoms with Crippen molar-refractivity contribution in [2.75, 3.05) is 11.9 Å². The topological polar surface area (TPSA) is 81.4 Å². The number of carbonyl (C=O) groups excluding carboxylic acids is 1. The maximum absolute atomic E-state index is 12.4. The SMILES string of the molecule is CCCc1nnc2sc(-c3ccc(NC(=O)c4ccc(OCC)cc4)cc3)nn12. The molecule has 1 amide bonds. The fraction of sp³-hybridized carbons (Fsp3) is 0.238. The summed E-state index contributed by atoms with van der Waals surface area (Å²) in [6.07, 6.45) is 1.84. The first kappa shape index (κ1) is 19.1. The molecule has 0 aliphatic heterocycles. The molecule has 2 aromatic carbocycles. The van der Waals surface area contributed by atoms with E-state index in [1.54, 1.807) is 24.3 Å². The lowest BCUT2D eigenvalue weighted by molar-refractivity contribution is 0.102. The predicted octanol–water partition coefficient (Wildman–Crippen LogP) is 4.46. The summed E-state index contributed by atoms with van der Waals surface area (Å²) in [6.45, 7) is 4.63. The van der Waals surface area contributed by atoms with E-state index in [9.17, 15) is 4.79 Å². The van der Waals surface area contributed by atoms with E-state index in [1.165, 1.54) is 11.3 Å². The minimum atomic E-state index is -0.163. The van der Waals surface area contributed by atoms with E-state index in [2.05, 4.69) is 27.5 Å². The van der Waals surface area contributed by atoms with Crippen LogP contribution in [0.25, 0.3) is 15.5 Å². The number of ether oxygens (including phenoxy) is 1. The molecule has 0 spiro atoms. The van der Waals surface area contributed by atoms with Crippen molar-refractivity contribution in [2.45, 2.75) is 26.7 Å².